The minimum atomic E-state index is -0.923. The van der Waals surface area contributed by atoms with Crippen molar-refractivity contribution in [2.75, 3.05) is 0 Å². The number of aryl methyl sites for hydroxylation is 1. The highest BCUT2D eigenvalue weighted by molar-refractivity contribution is 9.10. The van der Waals surface area contributed by atoms with Crippen LogP contribution in [0.2, 0.25) is 0 Å². The van der Waals surface area contributed by atoms with Gasteiger partial charge in [-0.05, 0) is 33.8 Å². The third kappa shape index (κ3) is 2.67. The number of hydrogen-bond acceptors (Lipinski definition) is 5. The number of rotatable bonds is 2. The third-order valence-corrected chi connectivity index (χ3v) is 3.38. The van der Waals surface area contributed by atoms with Gasteiger partial charge in [0.05, 0.1) is 0 Å². The lowest BCUT2D eigenvalue weighted by Gasteiger charge is -2.05. The average molecular weight is 333 g/mol. The topological polar surface area (TPSA) is 80.6 Å². The largest absolute Gasteiger partial charge is 0.339 e. The Labute approximate surface area is 112 Å². The van der Waals surface area contributed by atoms with Crippen molar-refractivity contribution < 1.29 is 4.39 Å². The van der Waals surface area contributed by atoms with E-state index in [4.69, 9.17) is 0 Å². The van der Waals surface area contributed by atoms with E-state index < -0.39 is 16.9 Å². The number of nitrogens with one attached hydrogen (secondary N) is 1. The van der Waals surface area contributed by atoms with Crippen molar-refractivity contribution in [1.82, 2.24) is 19.7 Å². The van der Waals surface area contributed by atoms with Crippen LogP contribution in [-0.4, -0.2) is 19.7 Å². The fourth-order valence-electron chi connectivity index (χ4n) is 1.12. The van der Waals surface area contributed by atoms with Gasteiger partial charge in [0.2, 0.25) is 0 Å². The van der Waals surface area contributed by atoms with Crippen molar-refractivity contribution in [2.45, 2.75) is 10.2 Å². The van der Waals surface area contributed by atoms with Gasteiger partial charge in [0.15, 0.2) is 11.0 Å². The first kappa shape index (κ1) is 13.0. The minimum Gasteiger partial charge on any atom is -0.265 e. The number of H-pyrrole nitrogens is 1. The van der Waals surface area contributed by atoms with Gasteiger partial charge >= 0.3 is 11.1 Å². The van der Waals surface area contributed by atoms with Crippen LogP contribution in [0.3, 0.4) is 0 Å². The van der Waals surface area contributed by atoms with Crippen molar-refractivity contribution >= 4 is 27.7 Å². The molecule has 0 bridgehead atoms. The van der Waals surface area contributed by atoms with Gasteiger partial charge in [-0.25, -0.2) is 9.37 Å². The second-order valence-electron chi connectivity index (χ2n) is 3.24. The SMILES string of the molecule is Cn1[nH]c(=O)c(=O)nc1Sc1ncc(Br)cc1F. The summed E-state index contributed by atoms with van der Waals surface area (Å²) in [7, 11) is 1.49. The second-order valence-corrected chi connectivity index (χ2v) is 5.11. The number of aromatic amines is 1. The van der Waals surface area contributed by atoms with E-state index in [0.717, 1.165) is 11.8 Å². The molecule has 0 amide bonds. The summed E-state index contributed by atoms with van der Waals surface area (Å²) in [5.74, 6) is -0.546. The third-order valence-electron chi connectivity index (χ3n) is 1.91. The van der Waals surface area contributed by atoms with Gasteiger partial charge in [0.1, 0.15) is 5.03 Å². The van der Waals surface area contributed by atoms with Gasteiger partial charge in [-0.1, -0.05) is 0 Å². The number of halogens is 2. The zero-order chi connectivity index (χ0) is 13.3. The summed E-state index contributed by atoms with van der Waals surface area (Å²) in [5, 5.41) is 2.47. The lowest BCUT2D eigenvalue weighted by Crippen LogP contribution is -2.33. The van der Waals surface area contributed by atoms with Crippen LogP contribution in [0.4, 0.5) is 4.39 Å². The van der Waals surface area contributed by atoms with Crippen LogP contribution in [-0.2, 0) is 7.05 Å². The maximum atomic E-state index is 13.5. The predicted molar refractivity (Wildman–Crippen MR) is 66.1 cm³/mol. The number of hydrogen-bond donors (Lipinski definition) is 1. The molecule has 2 rings (SSSR count). The Morgan fingerprint density at radius 3 is 2.89 bits per heavy atom. The first-order valence-corrected chi connectivity index (χ1v) is 6.24. The molecule has 94 valence electrons. The van der Waals surface area contributed by atoms with Crippen molar-refractivity contribution in [2.24, 2.45) is 7.05 Å². The first-order valence-electron chi connectivity index (χ1n) is 4.63. The molecule has 2 heterocycles. The van der Waals surface area contributed by atoms with Gasteiger partial charge in [0.25, 0.3) is 0 Å². The molecule has 0 aliphatic heterocycles. The fraction of sp³-hybridized carbons (Fsp3) is 0.111. The predicted octanol–water partition coefficient (Wildman–Crippen LogP) is 0.916. The Hall–Kier alpha value is -1.48. The summed E-state index contributed by atoms with van der Waals surface area (Å²) in [5.41, 5.74) is -1.75. The molecule has 0 fully saturated rings. The summed E-state index contributed by atoms with van der Waals surface area (Å²) < 4.78 is 15.3. The summed E-state index contributed by atoms with van der Waals surface area (Å²) in [6.07, 6.45) is 1.43. The second kappa shape index (κ2) is 5.02. The Kier molecular flexibility index (Phi) is 3.62. The smallest absolute Gasteiger partial charge is 0.265 e. The summed E-state index contributed by atoms with van der Waals surface area (Å²) in [6.45, 7) is 0. The Morgan fingerprint density at radius 1 is 1.50 bits per heavy atom. The van der Waals surface area contributed by atoms with E-state index in [2.05, 4.69) is 31.0 Å². The van der Waals surface area contributed by atoms with E-state index in [9.17, 15) is 14.0 Å². The zero-order valence-electron chi connectivity index (χ0n) is 8.98. The van der Waals surface area contributed by atoms with Gasteiger partial charge in [0, 0.05) is 17.7 Å². The van der Waals surface area contributed by atoms with Gasteiger partial charge in [-0.3, -0.25) is 19.4 Å². The molecule has 6 nitrogen and oxygen atoms in total. The molecule has 1 N–H and O–H groups in total. The van der Waals surface area contributed by atoms with Gasteiger partial charge in [-0.15, -0.1) is 0 Å². The normalized spacial score (nSPS) is 10.6. The molecule has 9 heteroatoms. The zero-order valence-corrected chi connectivity index (χ0v) is 11.4. The van der Waals surface area contributed by atoms with Crippen LogP contribution in [0.5, 0.6) is 0 Å². The number of pyridine rings is 1. The Morgan fingerprint density at radius 2 is 2.22 bits per heavy atom. The molecule has 0 aliphatic carbocycles. The fourth-order valence-corrected chi connectivity index (χ4v) is 2.16. The highest BCUT2D eigenvalue weighted by atomic mass is 79.9. The first-order chi connectivity index (χ1) is 8.47. The van der Waals surface area contributed by atoms with E-state index >= 15 is 0 Å². The molecule has 2 aromatic rings. The van der Waals surface area contributed by atoms with E-state index in [1.807, 2.05) is 0 Å². The minimum absolute atomic E-state index is 0.0627. The number of aromatic nitrogens is 4. The maximum Gasteiger partial charge on any atom is 0.339 e. The van der Waals surface area contributed by atoms with E-state index in [1.165, 1.54) is 24.0 Å². The quantitative estimate of drug-likeness (QED) is 0.827. The average Bonchev–Trinajstić information content (AvgIpc) is 2.29. The highest BCUT2D eigenvalue weighted by Gasteiger charge is 2.11. The summed E-state index contributed by atoms with van der Waals surface area (Å²) >= 11 is 3.93. The molecule has 0 saturated heterocycles. The molecule has 0 aromatic carbocycles. The van der Waals surface area contributed by atoms with E-state index in [1.54, 1.807) is 0 Å². The molecular formula is C9H6BrFN4O2S. The molecule has 18 heavy (non-hydrogen) atoms. The van der Waals surface area contributed by atoms with Gasteiger partial charge < -0.3 is 0 Å². The maximum absolute atomic E-state index is 13.5. The van der Waals surface area contributed by atoms with Crippen LogP contribution in [0, 0.1) is 5.82 Å². The van der Waals surface area contributed by atoms with Crippen molar-refractivity contribution in [3.05, 3.63) is 43.3 Å². The Balaban J connectivity index is 2.43. The van der Waals surface area contributed by atoms with Crippen molar-refractivity contribution in [3.8, 4) is 0 Å². The molecule has 0 aliphatic rings. The molecule has 0 spiro atoms. The van der Waals surface area contributed by atoms with Crippen molar-refractivity contribution in [3.63, 3.8) is 0 Å². The number of nitrogens with zero attached hydrogens (tertiary/aromatic N) is 3. The molecule has 0 radical (unpaired) electrons. The van der Waals surface area contributed by atoms with Crippen LogP contribution in [0.1, 0.15) is 0 Å². The van der Waals surface area contributed by atoms with Crippen molar-refractivity contribution in [1.29, 1.82) is 0 Å². The van der Waals surface area contributed by atoms with E-state index in [-0.39, 0.29) is 10.2 Å². The standard InChI is InChI=1S/C9H6BrFN4O2S/c1-15-9(13-6(16)7(17)14-15)18-8-5(11)2-4(10)3-12-8/h2-3H,1H3,(H,14,17). The monoisotopic (exact) mass is 332 g/mol. The molecule has 0 saturated carbocycles. The lowest BCUT2D eigenvalue weighted by molar-refractivity contribution is 0.577. The van der Waals surface area contributed by atoms with Crippen LogP contribution < -0.4 is 11.1 Å². The molecule has 2 aromatic heterocycles. The molecule has 0 atom stereocenters. The van der Waals surface area contributed by atoms with Crippen LogP contribution in [0.15, 0.2) is 36.5 Å². The molecule has 0 unspecified atom stereocenters. The van der Waals surface area contributed by atoms with Crippen LogP contribution >= 0.6 is 27.7 Å². The van der Waals surface area contributed by atoms with E-state index in [0.29, 0.717) is 4.47 Å². The van der Waals surface area contributed by atoms with Crippen LogP contribution in [0.25, 0.3) is 0 Å². The molecular weight excluding hydrogens is 327 g/mol. The Bertz CT molecular complexity index is 714. The highest BCUT2D eigenvalue weighted by Crippen LogP contribution is 2.26. The summed E-state index contributed by atoms with van der Waals surface area (Å²) in [4.78, 5) is 29.5. The lowest BCUT2D eigenvalue weighted by atomic mass is 10.5. The van der Waals surface area contributed by atoms with Gasteiger partial charge in [-0.2, -0.15) is 4.98 Å². The summed E-state index contributed by atoms with van der Waals surface area (Å²) in [6, 6.07) is 1.25.